The van der Waals surface area contributed by atoms with Crippen molar-refractivity contribution in [2.45, 2.75) is 18.1 Å². The van der Waals surface area contributed by atoms with Gasteiger partial charge >= 0.3 is 0 Å². The van der Waals surface area contributed by atoms with E-state index in [1.54, 1.807) is 11.8 Å². The molecule has 0 spiro atoms. The maximum absolute atomic E-state index is 6.17. The van der Waals surface area contributed by atoms with E-state index in [1.807, 2.05) is 24.4 Å². The molecular formula is C8H12ClNSSi. The van der Waals surface area contributed by atoms with Crippen LogP contribution in [0.15, 0.2) is 29.4 Å². The van der Waals surface area contributed by atoms with Gasteiger partial charge in [-0.05, 0) is 12.1 Å². The monoisotopic (exact) mass is 217 g/mol. The van der Waals surface area contributed by atoms with Crippen molar-refractivity contribution >= 4 is 30.2 Å². The molecule has 0 aliphatic heterocycles. The van der Waals surface area contributed by atoms with Crippen LogP contribution in [0, 0.1) is 0 Å². The summed E-state index contributed by atoms with van der Waals surface area (Å²) >= 11 is 7.92. The second-order valence-electron chi connectivity index (χ2n) is 3.18. The first-order chi connectivity index (χ1) is 5.58. The molecule has 0 radical (unpaired) electrons. The van der Waals surface area contributed by atoms with Crippen molar-refractivity contribution in [3.8, 4) is 0 Å². The van der Waals surface area contributed by atoms with Crippen LogP contribution in [0.4, 0.5) is 0 Å². The fourth-order valence-electron chi connectivity index (χ4n) is 0.678. The lowest BCUT2D eigenvalue weighted by molar-refractivity contribution is 1.14. The molecule has 12 heavy (non-hydrogen) atoms. The maximum atomic E-state index is 6.17. The predicted octanol–water partition coefficient (Wildman–Crippen LogP) is 3.16. The highest BCUT2D eigenvalue weighted by Crippen LogP contribution is 2.21. The zero-order valence-electron chi connectivity index (χ0n) is 7.25. The Bertz CT molecular complexity index is 235. The summed E-state index contributed by atoms with van der Waals surface area (Å²) in [6, 6.07) is 5.94. The summed E-state index contributed by atoms with van der Waals surface area (Å²) in [5.41, 5.74) is 0. The second kappa shape index (κ2) is 4.30. The zero-order chi connectivity index (χ0) is 9.03. The molecular weight excluding hydrogens is 206 g/mol. The molecule has 1 nitrogen and oxygen atoms in total. The van der Waals surface area contributed by atoms with Gasteiger partial charge in [0.25, 0.3) is 0 Å². The molecule has 0 amide bonds. The Kier molecular flexibility index (Phi) is 3.62. The predicted molar refractivity (Wildman–Crippen MR) is 58.3 cm³/mol. The van der Waals surface area contributed by atoms with Gasteiger partial charge in [0.1, 0.15) is 0 Å². The molecule has 0 saturated carbocycles. The van der Waals surface area contributed by atoms with Gasteiger partial charge in [0.15, 0.2) is 7.38 Å². The second-order valence-corrected chi connectivity index (χ2v) is 11.5. The number of rotatable bonds is 3. The van der Waals surface area contributed by atoms with Gasteiger partial charge in [0.2, 0.25) is 0 Å². The largest absolute Gasteiger partial charge is 0.250 e. The highest BCUT2D eigenvalue weighted by Gasteiger charge is 2.16. The van der Waals surface area contributed by atoms with Gasteiger partial charge < -0.3 is 0 Å². The first-order valence-corrected chi connectivity index (χ1v) is 9.01. The molecule has 0 atom stereocenters. The molecule has 0 unspecified atom stereocenters. The van der Waals surface area contributed by atoms with Crippen LogP contribution in [0.25, 0.3) is 0 Å². The summed E-state index contributed by atoms with van der Waals surface area (Å²) in [7, 11) is -1.44. The van der Waals surface area contributed by atoms with Gasteiger partial charge in [-0.1, -0.05) is 19.2 Å². The molecule has 0 aliphatic carbocycles. The van der Waals surface area contributed by atoms with Crippen molar-refractivity contribution in [3.05, 3.63) is 24.4 Å². The van der Waals surface area contributed by atoms with Gasteiger partial charge in [-0.15, -0.1) is 11.8 Å². The lowest BCUT2D eigenvalue weighted by atomic mass is 10.5. The van der Waals surface area contributed by atoms with Crippen LogP contribution in [-0.2, 0) is 0 Å². The minimum absolute atomic E-state index is 1.02. The molecule has 0 aliphatic rings. The summed E-state index contributed by atoms with van der Waals surface area (Å²) in [5.74, 6) is 0. The Morgan fingerprint density at radius 1 is 1.50 bits per heavy atom. The van der Waals surface area contributed by atoms with Crippen molar-refractivity contribution < 1.29 is 0 Å². The Labute approximate surface area is 83.3 Å². The van der Waals surface area contributed by atoms with Gasteiger partial charge in [0, 0.05) is 11.6 Å². The number of hydrogen-bond acceptors (Lipinski definition) is 2. The van der Waals surface area contributed by atoms with E-state index in [1.165, 1.54) is 0 Å². The summed E-state index contributed by atoms with van der Waals surface area (Å²) < 4.78 is 0. The highest BCUT2D eigenvalue weighted by atomic mass is 35.6. The van der Waals surface area contributed by atoms with E-state index in [2.05, 4.69) is 18.1 Å². The van der Waals surface area contributed by atoms with Gasteiger partial charge in [-0.2, -0.15) is 11.1 Å². The third-order valence-electron chi connectivity index (χ3n) is 1.20. The number of thioether (sulfide) groups is 1. The van der Waals surface area contributed by atoms with E-state index >= 15 is 0 Å². The minimum Gasteiger partial charge on any atom is -0.250 e. The number of hydrogen-bond donors (Lipinski definition) is 0. The maximum Gasteiger partial charge on any atom is 0.160 e. The third kappa shape index (κ3) is 4.14. The fourth-order valence-corrected chi connectivity index (χ4v) is 3.44. The normalized spacial score (nSPS) is 11.6. The first kappa shape index (κ1) is 10.1. The molecule has 0 aromatic carbocycles. The van der Waals surface area contributed by atoms with Crippen LogP contribution in [0.1, 0.15) is 0 Å². The minimum atomic E-state index is -1.44. The Balaban J connectivity index is 2.44. The molecule has 1 aromatic heterocycles. The standard InChI is InChI=1S/C8H12ClNSSi/c1-12(2,9)7-11-8-5-3-4-6-10-8/h3-6H,7H2,1-2H3. The molecule has 1 aromatic rings. The topological polar surface area (TPSA) is 12.9 Å². The van der Waals surface area contributed by atoms with Crippen molar-refractivity contribution in [1.82, 2.24) is 4.98 Å². The molecule has 0 N–H and O–H groups in total. The lowest BCUT2D eigenvalue weighted by Crippen LogP contribution is -2.20. The fraction of sp³-hybridized carbons (Fsp3) is 0.375. The van der Waals surface area contributed by atoms with Crippen LogP contribution in [0.3, 0.4) is 0 Å². The molecule has 0 fully saturated rings. The summed E-state index contributed by atoms with van der Waals surface area (Å²) in [6.07, 6.45) is 1.81. The van der Waals surface area contributed by atoms with Crippen LogP contribution in [0.5, 0.6) is 0 Å². The van der Waals surface area contributed by atoms with Gasteiger partial charge in [0.05, 0.1) is 5.03 Å². The molecule has 0 bridgehead atoms. The number of pyridine rings is 1. The van der Waals surface area contributed by atoms with Crippen molar-refractivity contribution in [3.63, 3.8) is 0 Å². The van der Waals surface area contributed by atoms with Crippen molar-refractivity contribution in [2.75, 3.05) is 5.38 Å². The summed E-state index contributed by atoms with van der Waals surface area (Å²) in [5, 5.41) is 2.09. The van der Waals surface area contributed by atoms with E-state index in [4.69, 9.17) is 11.1 Å². The number of aromatic nitrogens is 1. The van der Waals surface area contributed by atoms with E-state index < -0.39 is 7.38 Å². The third-order valence-corrected chi connectivity index (χ3v) is 6.04. The van der Waals surface area contributed by atoms with E-state index in [-0.39, 0.29) is 0 Å². The quantitative estimate of drug-likeness (QED) is 0.438. The van der Waals surface area contributed by atoms with Crippen LogP contribution >= 0.6 is 22.8 Å². The molecule has 1 rings (SSSR count). The van der Waals surface area contributed by atoms with Crippen LogP contribution in [0.2, 0.25) is 13.1 Å². The molecule has 66 valence electrons. The number of halogens is 1. The summed E-state index contributed by atoms with van der Waals surface area (Å²) in [6.45, 7) is 4.29. The van der Waals surface area contributed by atoms with Gasteiger partial charge in [-0.25, -0.2) is 4.98 Å². The number of nitrogens with zero attached hydrogens (tertiary/aromatic N) is 1. The average molecular weight is 218 g/mol. The zero-order valence-corrected chi connectivity index (χ0v) is 9.82. The van der Waals surface area contributed by atoms with Gasteiger partial charge in [-0.3, -0.25) is 0 Å². The van der Waals surface area contributed by atoms with E-state index in [9.17, 15) is 0 Å². The Morgan fingerprint density at radius 2 is 2.25 bits per heavy atom. The van der Waals surface area contributed by atoms with E-state index in [0.29, 0.717) is 0 Å². The van der Waals surface area contributed by atoms with Crippen LogP contribution in [-0.4, -0.2) is 17.7 Å². The average Bonchev–Trinajstić information content (AvgIpc) is 2.02. The lowest BCUT2D eigenvalue weighted by Gasteiger charge is -2.10. The SMILES string of the molecule is C[Si](C)(Cl)CSc1ccccn1. The smallest absolute Gasteiger partial charge is 0.160 e. The summed E-state index contributed by atoms with van der Waals surface area (Å²) in [4.78, 5) is 4.21. The van der Waals surface area contributed by atoms with Crippen molar-refractivity contribution in [1.29, 1.82) is 0 Å². The Morgan fingerprint density at radius 3 is 2.75 bits per heavy atom. The first-order valence-electron chi connectivity index (χ1n) is 3.81. The molecule has 0 saturated heterocycles. The van der Waals surface area contributed by atoms with E-state index in [0.717, 1.165) is 10.4 Å². The van der Waals surface area contributed by atoms with Crippen molar-refractivity contribution in [2.24, 2.45) is 0 Å². The molecule has 1 heterocycles. The molecule has 4 heteroatoms. The Hall–Kier alpha value is 0.00688. The highest BCUT2D eigenvalue weighted by molar-refractivity contribution is 8.01. The van der Waals surface area contributed by atoms with Crippen LogP contribution < -0.4 is 0 Å².